The highest BCUT2D eigenvalue weighted by molar-refractivity contribution is 7.89. The van der Waals surface area contributed by atoms with E-state index in [9.17, 15) is 8.42 Å². The molecule has 1 rings (SSSR count). The van der Waals surface area contributed by atoms with Crippen LogP contribution in [0.1, 0.15) is 38.1 Å². The predicted molar refractivity (Wildman–Crippen MR) is 85.7 cm³/mol. The van der Waals surface area contributed by atoms with Gasteiger partial charge in [-0.15, -0.1) is 11.3 Å². The first-order valence-corrected chi connectivity index (χ1v) is 9.25. The van der Waals surface area contributed by atoms with Gasteiger partial charge in [0, 0.05) is 31.1 Å². The fraction of sp³-hybridized carbons (Fsp3) is 0.714. The van der Waals surface area contributed by atoms with E-state index >= 15 is 0 Å². The molecule has 0 spiro atoms. The van der Waals surface area contributed by atoms with Crippen LogP contribution in [-0.4, -0.2) is 32.4 Å². The molecule has 0 saturated carbocycles. The first-order chi connectivity index (χ1) is 9.16. The van der Waals surface area contributed by atoms with Gasteiger partial charge in [-0.05, 0) is 23.8 Å². The highest BCUT2D eigenvalue weighted by Gasteiger charge is 2.27. The molecule has 0 fully saturated rings. The Balaban J connectivity index is 3.08. The summed E-state index contributed by atoms with van der Waals surface area (Å²) in [5.41, 5.74) is 0.839. The van der Waals surface area contributed by atoms with E-state index in [1.807, 2.05) is 26.2 Å². The maximum absolute atomic E-state index is 12.7. The van der Waals surface area contributed by atoms with Gasteiger partial charge in [0.1, 0.15) is 4.90 Å². The molecule has 0 radical (unpaired) electrons. The van der Waals surface area contributed by atoms with Crippen LogP contribution in [0, 0.1) is 12.8 Å². The molecule has 0 saturated heterocycles. The molecular weight excluding hydrogens is 292 g/mol. The summed E-state index contributed by atoms with van der Waals surface area (Å²) in [7, 11) is -1.74. The van der Waals surface area contributed by atoms with E-state index < -0.39 is 10.0 Å². The Morgan fingerprint density at radius 2 is 1.90 bits per heavy atom. The summed E-state index contributed by atoms with van der Waals surface area (Å²) < 4.78 is 26.9. The Hall–Kier alpha value is -0.430. The van der Waals surface area contributed by atoms with Crippen molar-refractivity contribution in [2.75, 3.05) is 13.6 Å². The number of rotatable bonds is 7. The van der Waals surface area contributed by atoms with Gasteiger partial charge < -0.3 is 5.32 Å². The number of hydrogen-bond donors (Lipinski definition) is 1. The summed E-state index contributed by atoms with van der Waals surface area (Å²) in [6.07, 6.45) is 0. The molecule has 20 heavy (non-hydrogen) atoms. The first kappa shape index (κ1) is 17.6. The van der Waals surface area contributed by atoms with Crippen LogP contribution < -0.4 is 5.32 Å². The molecule has 0 unspecified atom stereocenters. The van der Waals surface area contributed by atoms with Crippen LogP contribution in [0.5, 0.6) is 0 Å². The lowest BCUT2D eigenvalue weighted by molar-refractivity contribution is 0.416. The van der Waals surface area contributed by atoms with Crippen LogP contribution in [-0.2, 0) is 16.6 Å². The molecule has 0 aliphatic carbocycles. The van der Waals surface area contributed by atoms with E-state index in [1.165, 1.54) is 15.6 Å². The second-order valence-electron chi connectivity index (χ2n) is 5.89. The quantitative estimate of drug-likeness (QED) is 0.841. The zero-order valence-corrected chi connectivity index (χ0v) is 14.9. The highest BCUT2D eigenvalue weighted by atomic mass is 32.2. The Kier molecular flexibility index (Phi) is 6.19. The third kappa shape index (κ3) is 4.28. The van der Waals surface area contributed by atoms with E-state index in [1.54, 1.807) is 7.05 Å². The molecule has 0 aromatic carbocycles. The second kappa shape index (κ2) is 7.02. The second-order valence-corrected chi connectivity index (χ2v) is 8.83. The molecule has 1 N–H and O–H groups in total. The van der Waals surface area contributed by atoms with Crippen LogP contribution in [0.3, 0.4) is 0 Å². The van der Waals surface area contributed by atoms with Gasteiger partial charge in [0.25, 0.3) is 0 Å². The lowest BCUT2D eigenvalue weighted by atomic mass is 10.2. The Labute approximate surface area is 127 Å². The molecule has 0 atom stereocenters. The smallest absolute Gasteiger partial charge is 0.244 e. The van der Waals surface area contributed by atoms with Gasteiger partial charge in [0.15, 0.2) is 0 Å². The Morgan fingerprint density at radius 1 is 1.30 bits per heavy atom. The standard InChI is InChI=1S/C14H26N2O2S2/c1-10(2)8-16(6)20(17,18)14-12(5)9-19-13(14)7-15-11(3)4/h9-11,15H,7-8H2,1-6H3. The summed E-state index contributed by atoms with van der Waals surface area (Å²) in [5.74, 6) is 0.311. The molecule has 0 aliphatic heterocycles. The van der Waals surface area contributed by atoms with Crippen molar-refractivity contribution < 1.29 is 8.42 Å². The third-order valence-electron chi connectivity index (χ3n) is 2.95. The molecule has 0 bridgehead atoms. The fourth-order valence-corrected chi connectivity index (χ4v) is 5.06. The summed E-state index contributed by atoms with van der Waals surface area (Å²) in [6.45, 7) is 11.2. The largest absolute Gasteiger partial charge is 0.310 e. The SMILES string of the molecule is Cc1csc(CNC(C)C)c1S(=O)(=O)N(C)CC(C)C. The van der Waals surface area contributed by atoms with Gasteiger partial charge in [-0.2, -0.15) is 0 Å². The van der Waals surface area contributed by atoms with Crippen LogP contribution >= 0.6 is 11.3 Å². The number of nitrogens with one attached hydrogen (secondary N) is 1. The van der Waals surface area contributed by atoms with Gasteiger partial charge >= 0.3 is 0 Å². The van der Waals surface area contributed by atoms with E-state index in [4.69, 9.17) is 0 Å². The lowest BCUT2D eigenvalue weighted by Crippen LogP contribution is -2.31. The van der Waals surface area contributed by atoms with Gasteiger partial charge in [0.05, 0.1) is 0 Å². The zero-order chi connectivity index (χ0) is 15.5. The van der Waals surface area contributed by atoms with Crippen molar-refractivity contribution >= 4 is 21.4 Å². The predicted octanol–water partition coefficient (Wildman–Crippen LogP) is 2.83. The van der Waals surface area contributed by atoms with Crippen LogP contribution in [0.4, 0.5) is 0 Å². The Bertz CT molecular complexity index is 533. The van der Waals surface area contributed by atoms with E-state index in [0.717, 1.165) is 10.4 Å². The minimum absolute atomic E-state index is 0.311. The normalized spacial score (nSPS) is 12.8. The van der Waals surface area contributed by atoms with E-state index in [0.29, 0.717) is 29.9 Å². The average molecular weight is 319 g/mol. The summed E-state index contributed by atoms with van der Waals surface area (Å²) in [6, 6.07) is 0.335. The van der Waals surface area contributed by atoms with Crippen molar-refractivity contribution in [3.63, 3.8) is 0 Å². The van der Waals surface area contributed by atoms with Gasteiger partial charge in [-0.3, -0.25) is 0 Å². The molecule has 1 aromatic heterocycles. The highest BCUT2D eigenvalue weighted by Crippen LogP contribution is 2.29. The molecule has 1 aromatic rings. The number of hydrogen-bond acceptors (Lipinski definition) is 4. The van der Waals surface area contributed by atoms with E-state index in [2.05, 4.69) is 19.2 Å². The van der Waals surface area contributed by atoms with Gasteiger partial charge in [0.2, 0.25) is 10.0 Å². The van der Waals surface area contributed by atoms with Crippen molar-refractivity contribution in [3.8, 4) is 0 Å². The fourth-order valence-electron chi connectivity index (χ4n) is 2.02. The van der Waals surface area contributed by atoms with Crippen molar-refractivity contribution in [2.24, 2.45) is 5.92 Å². The van der Waals surface area contributed by atoms with Crippen LogP contribution in [0.25, 0.3) is 0 Å². The maximum atomic E-state index is 12.7. The minimum Gasteiger partial charge on any atom is -0.310 e. The third-order valence-corrected chi connectivity index (χ3v) is 6.24. The number of sulfonamides is 1. The topological polar surface area (TPSA) is 49.4 Å². The lowest BCUT2D eigenvalue weighted by Gasteiger charge is -2.20. The first-order valence-electron chi connectivity index (χ1n) is 6.93. The summed E-state index contributed by atoms with van der Waals surface area (Å²) in [5, 5.41) is 5.22. The number of aryl methyl sites for hydroxylation is 1. The molecule has 0 amide bonds. The van der Waals surface area contributed by atoms with Crippen molar-refractivity contribution in [3.05, 3.63) is 15.8 Å². The van der Waals surface area contributed by atoms with Crippen LogP contribution in [0.2, 0.25) is 0 Å². The average Bonchev–Trinajstić information content (AvgIpc) is 2.67. The molecule has 6 heteroatoms. The van der Waals surface area contributed by atoms with Crippen molar-refractivity contribution in [1.29, 1.82) is 0 Å². The summed E-state index contributed by atoms with van der Waals surface area (Å²) >= 11 is 1.51. The summed E-state index contributed by atoms with van der Waals surface area (Å²) in [4.78, 5) is 1.38. The van der Waals surface area contributed by atoms with Crippen molar-refractivity contribution in [2.45, 2.75) is 52.1 Å². The number of thiophene rings is 1. The zero-order valence-electron chi connectivity index (χ0n) is 13.2. The monoisotopic (exact) mass is 318 g/mol. The molecule has 116 valence electrons. The van der Waals surface area contributed by atoms with Gasteiger partial charge in [-0.25, -0.2) is 12.7 Å². The van der Waals surface area contributed by atoms with Crippen LogP contribution in [0.15, 0.2) is 10.3 Å². The number of nitrogens with zero attached hydrogens (tertiary/aromatic N) is 1. The molecule has 0 aliphatic rings. The van der Waals surface area contributed by atoms with Gasteiger partial charge in [-0.1, -0.05) is 27.7 Å². The molecule has 4 nitrogen and oxygen atoms in total. The maximum Gasteiger partial charge on any atom is 0.244 e. The van der Waals surface area contributed by atoms with E-state index in [-0.39, 0.29) is 0 Å². The minimum atomic E-state index is -3.40. The Morgan fingerprint density at radius 3 is 2.40 bits per heavy atom. The molecular formula is C14H26N2O2S2. The molecule has 1 heterocycles. The van der Waals surface area contributed by atoms with Crippen molar-refractivity contribution in [1.82, 2.24) is 9.62 Å².